The van der Waals surface area contributed by atoms with Crippen molar-refractivity contribution in [1.82, 2.24) is 0 Å². The summed E-state index contributed by atoms with van der Waals surface area (Å²) >= 11 is 1.45. The van der Waals surface area contributed by atoms with Gasteiger partial charge in [0.1, 0.15) is 6.10 Å². The van der Waals surface area contributed by atoms with Crippen LogP contribution < -0.4 is 0 Å². The van der Waals surface area contributed by atoms with Gasteiger partial charge >= 0.3 is 5.97 Å². The minimum Gasteiger partial charge on any atom is -0.454 e. The molecule has 0 aliphatic carbocycles. The number of hydrogen-bond acceptors (Lipinski definition) is 3. The Morgan fingerprint density at radius 1 is 1.29 bits per heavy atom. The quantitative estimate of drug-likeness (QED) is 0.696. The Morgan fingerprint density at radius 3 is 2.57 bits per heavy atom. The summed E-state index contributed by atoms with van der Waals surface area (Å²) in [6.07, 6.45) is 1.76. The fraction of sp³-hybridized carbons (Fsp3) is 0.182. The number of benzene rings is 1. The highest BCUT2D eigenvalue weighted by atomic mass is 32.2. The minimum atomic E-state index is -0.216. The lowest BCUT2D eigenvalue weighted by atomic mass is 10.4. The molecular weight excluding hydrogens is 196 g/mol. The molecule has 0 unspecified atom stereocenters. The first-order valence-corrected chi connectivity index (χ1v) is 5.23. The topological polar surface area (TPSA) is 26.3 Å². The smallest absolute Gasteiger partial charge is 0.345 e. The SMILES string of the molecule is C[C@@H]1C=C(Sc2ccccc2)C(=O)O1. The molecule has 1 aromatic rings. The zero-order valence-electron chi connectivity index (χ0n) is 7.77. The number of thioether (sulfide) groups is 1. The molecule has 1 aliphatic heterocycles. The third kappa shape index (κ3) is 1.99. The van der Waals surface area contributed by atoms with E-state index in [0.29, 0.717) is 4.91 Å². The van der Waals surface area contributed by atoms with Crippen molar-refractivity contribution in [1.29, 1.82) is 0 Å². The zero-order chi connectivity index (χ0) is 9.97. The van der Waals surface area contributed by atoms with E-state index in [4.69, 9.17) is 4.74 Å². The van der Waals surface area contributed by atoms with Gasteiger partial charge in [-0.3, -0.25) is 0 Å². The van der Waals surface area contributed by atoms with Gasteiger partial charge in [-0.2, -0.15) is 0 Å². The fourth-order valence-electron chi connectivity index (χ4n) is 1.23. The van der Waals surface area contributed by atoms with Gasteiger partial charge in [0.05, 0.1) is 4.91 Å². The molecule has 0 amide bonds. The molecule has 2 rings (SSSR count). The highest BCUT2D eigenvalue weighted by Gasteiger charge is 2.22. The van der Waals surface area contributed by atoms with Crippen LogP contribution in [0.25, 0.3) is 0 Å². The third-order valence-electron chi connectivity index (χ3n) is 1.85. The van der Waals surface area contributed by atoms with E-state index in [2.05, 4.69) is 0 Å². The number of carbonyl (C=O) groups is 1. The van der Waals surface area contributed by atoms with Crippen LogP contribution in [-0.4, -0.2) is 12.1 Å². The minimum absolute atomic E-state index is 0.0892. The van der Waals surface area contributed by atoms with Gasteiger partial charge in [-0.25, -0.2) is 4.79 Å². The van der Waals surface area contributed by atoms with Crippen molar-refractivity contribution in [2.75, 3.05) is 0 Å². The van der Waals surface area contributed by atoms with Crippen LogP contribution in [0.15, 0.2) is 46.2 Å². The molecule has 1 atom stereocenters. The van der Waals surface area contributed by atoms with E-state index in [1.54, 1.807) is 0 Å². The van der Waals surface area contributed by atoms with Gasteiger partial charge in [-0.05, 0) is 25.1 Å². The van der Waals surface area contributed by atoms with Gasteiger partial charge in [0.15, 0.2) is 0 Å². The summed E-state index contributed by atoms with van der Waals surface area (Å²) in [5.41, 5.74) is 0. The van der Waals surface area contributed by atoms with Crippen molar-refractivity contribution in [3.05, 3.63) is 41.3 Å². The summed E-state index contributed by atoms with van der Waals surface area (Å²) in [6, 6.07) is 9.80. The summed E-state index contributed by atoms with van der Waals surface area (Å²) in [6.45, 7) is 1.86. The van der Waals surface area contributed by atoms with Crippen molar-refractivity contribution in [2.45, 2.75) is 17.9 Å². The average Bonchev–Trinajstić information content (AvgIpc) is 2.47. The van der Waals surface area contributed by atoms with Crippen LogP contribution in [0.5, 0.6) is 0 Å². The summed E-state index contributed by atoms with van der Waals surface area (Å²) in [4.78, 5) is 13.0. The van der Waals surface area contributed by atoms with Crippen LogP contribution in [-0.2, 0) is 9.53 Å². The predicted molar refractivity (Wildman–Crippen MR) is 55.9 cm³/mol. The molecule has 0 saturated heterocycles. The van der Waals surface area contributed by atoms with E-state index in [1.807, 2.05) is 43.3 Å². The van der Waals surface area contributed by atoms with Crippen molar-refractivity contribution >= 4 is 17.7 Å². The molecule has 2 nitrogen and oxygen atoms in total. The zero-order valence-corrected chi connectivity index (χ0v) is 8.58. The first kappa shape index (κ1) is 9.34. The number of hydrogen-bond donors (Lipinski definition) is 0. The number of esters is 1. The summed E-state index contributed by atoms with van der Waals surface area (Å²) < 4.78 is 4.99. The van der Waals surface area contributed by atoms with E-state index in [9.17, 15) is 4.79 Å². The highest BCUT2D eigenvalue weighted by Crippen LogP contribution is 2.31. The number of ether oxygens (including phenoxy) is 1. The lowest BCUT2D eigenvalue weighted by Gasteiger charge is -1.99. The second-order valence-corrected chi connectivity index (χ2v) is 4.17. The summed E-state index contributed by atoms with van der Waals surface area (Å²) in [7, 11) is 0. The van der Waals surface area contributed by atoms with Gasteiger partial charge in [-0.15, -0.1) is 0 Å². The molecule has 0 fully saturated rings. The van der Waals surface area contributed by atoms with Gasteiger partial charge in [-0.1, -0.05) is 30.0 Å². The molecular formula is C11H10O2S. The summed E-state index contributed by atoms with van der Waals surface area (Å²) in [5.74, 6) is -0.216. The molecule has 14 heavy (non-hydrogen) atoms. The van der Waals surface area contributed by atoms with E-state index in [-0.39, 0.29) is 12.1 Å². The van der Waals surface area contributed by atoms with Gasteiger partial charge in [0, 0.05) is 4.90 Å². The maximum atomic E-state index is 11.3. The molecule has 3 heteroatoms. The lowest BCUT2D eigenvalue weighted by molar-refractivity contribution is -0.138. The Morgan fingerprint density at radius 2 is 2.00 bits per heavy atom. The second-order valence-electron chi connectivity index (χ2n) is 3.06. The third-order valence-corrected chi connectivity index (χ3v) is 2.88. The van der Waals surface area contributed by atoms with Crippen LogP contribution in [0.4, 0.5) is 0 Å². The maximum Gasteiger partial charge on any atom is 0.345 e. The monoisotopic (exact) mass is 206 g/mol. The second kappa shape index (κ2) is 3.88. The number of cyclic esters (lactones) is 1. The molecule has 0 N–H and O–H groups in total. The Hall–Kier alpha value is -1.22. The predicted octanol–water partition coefficient (Wildman–Crippen LogP) is 2.61. The molecule has 0 bridgehead atoms. The lowest BCUT2D eigenvalue weighted by Crippen LogP contribution is -2.02. The van der Waals surface area contributed by atoms with Crippen molar-refractivity contribution < 1.29 is 9.53 Å². The molecule has 1 aromatic carbocycles. The average molecular weight is 206 g/mol. The molecule has 0 spiro atoms. The highest BCUT2D eigenvalue weighted by molar-refractivity contribution is 8.04. The molecule has 72 valence electrons. The Balaban J connectivity index is 2.12. The molecule has 0 saturated carbocycles. The molecule has 0 aromatic heterocycles. The van der Waals surface area contributed by atoms with Crippen LogP contribution in [0.3, 0.4) is 0 Å². The van der Waals surface area contributed by atoms with Gasteiger partial charge in [0.25, 0.3) is 0 Å². The normalized spacial score (nSPS) is 20.5. The standard InChI is InChI=1S/C11H10O2S/c1-8-7-10(11(12)13-8)14-9-5-3-2-4-6-9/h2-8H,1H3/t8-/m1/s1. The Labute approximate surface area is 87.0 Å². The van der Waals surface area contributed by atoms with Crippen molar-refractivity contribution in [3.63, 3.8) is 0 Å². The fourth-order valence-corrected chi connectivity index (χ4v) is 2.17. The molecule has 1 aliphatic rings. The molecule has 0 radical (unpaired) electrons. The first-order valence-electron chi connectivity index (χ1n) is 4.41. The van der Waals surface area contributed by atoms with Crippen molar-refractivity contribution in [2.24, 2.45) is 0 Å². The number of carbonyl (C=O) groups excluding carboxylic acids is 1. The largest absolute Gasteiger partial charge is 0.454 e. The van der Waals surface area contributed by atoms with Crippen LogP contribution >= 0.6 is 11.8 Å². The van der Waals surface area contributed by atoms with Crippen LogP contribution in [0.1, 0.15) is 6.92 Å². The van der Waals surface area contributed by atoms with Gasteiger partial charge < -0.3 is 4.74 Å². The van der Waals surface area contributed by atoms with E-state index in [1.165, 1.54) is 11.8 Å². The Kier molecular flexibility index (Phi) is 2.59. The van der Waals surface area contributed by atoms with E-state index in [0.717, 1.165) is 4.90 Å². The Bertz CT molecular complexity index is 370. The van der Waals surface area contributed by atoms with E-state index < -0.39 is 0 Å². The van der Waals surface area contributed by atoms with Crippen LogP contribution in [0.2, 0.25) is 0 Å². The van der Waals surface area contributed by atoms with Crippen molar-refractivity contribution in [3.8, 4) is 0 Å². The van der Waals surface area contributed by atoms with E-state index >= 15 is 0 Å². The van der Waals surface area contributed by atoms with Crippen LogP contribution in [0, 0.1) is 0 Å². The van der Waals surface area contributed by atoms with Gasteiger partial charge in [0.2, 0.25) is 0 Å². The maximum absolute atomic E-state index is 11.3. The number of rotatable bonds is 2. The first-order chi connectivity index (χ1) is 6.75. The summed E-state index contributed by atoms with van der Waals surface area (Å²) in [5, 5.41) is 0. The molecule has 1 heterocycles.